The van der Waals surface area contributed by atoms with E-state index in [-0.39, 0.29) is 24.2 Å². The first-order valence-electron chi connectivity index (χ1n) is 10.2. The lowest BCUT2D eigenvalue weighted by Crippen LogP contribution is -2.34. The molecule has 2 saturated heterocycles. The van der Waals surface area contributed by atoms with E-state index in [2.05, 4.69) is 23.2 Å². The summed E-state index contributed by atoms with van der Waals surface area (Å²) < 4.78 is 0. The number of benzene rings is 2. The largest absolute Gasteiger partial charge is 0.370 e. The highest BCUT2D eigenvalue weighted by molar-refractivity contribution is 6.31. The fraction of sp³-hybridized carbons (Fsp3) is 0.391. The Morgan fingerprint density at radius 1 is 1.10 bits per heavy atom. The number of hydrogen-bond acceptors (Lipinski definition) is 3. The minimum atomic E-state index is -0.379. The number of para-hydroxylation sites is 2. The highest BCUT2D eigenvalue weighted by Crippen LogP contribution is 2.32. The molecule has 0 aliphatic carbocycles. The molecule has 2 fully saturated rings. The van der Waals surface area contributed by atoms with E-state index < -0.39 is 0 Å². The molecule has 1 atom stereocenters. The predicted octanol–water partition coefficient (Wildman–Crippen LogP) is 4.57. The average molecular weight is 412 g/mol. The zero-order chi connectivity index (χ0) is 20.4. The topological polar surface area (TPSA) is 52.7 Å². The fourth-order valence-electron chi connectivity index (χ4n) is 4.12. The van der Waals surface area contributed by atoms with Crippen LogP contribution in [0.1, 0.15) is 26.2 Å². The Hall–Kier alpha value is -2.53. The second-order valence-electron chi connectivity index (χ2n) is 8.06. The van der Waals surface area contributed by atoms with Gasteiger partial charge in [0.2, 0.25) is 11.8 Å². The summed E-state index contributed by atoms with van der Waals surface area (Å²) in [7, 11) is 0. The van der Waals surface area contributed by atoms with Crippen LogP contribution in [-0.4, -0.2) is 31.4 Å². The van der Waals surface area contributed by atoms with Crippen molar-refractivity contribution in [1.82, 2.24) is 0 Å². The number of hydrogen-bond donors (Lipinski definition) is 1. The summed E-state index contributed by atoms with van der Waals surface area (Å²) in [5.41, 5.74) is 2.62. The second kappa shape index (κ2) is 8.46. The highest BCUT2D eigenvalue weighted by atomic mass is 35.5. The van der Waals surface area contributed by atoms with E-state index in [4.69, 9.17) is 11.6 Å². The van der Waals surface area contributed by atoms with Gasteiger partial charge in [-0.2, -0.15) is 0 Å². The molecule has 2 heterocycles. The molecule has 0 radical (unpaired) electrons. The number of piperidine rings is 1. The summed E-state index contributed by atoms with van der Waals surface area (Å²) >= 11 is 6.06. The van der Waals surface area contributed by atoms with Crippen LogP contribution in [-0.2, 0) is 9.59 Å². The van der Waals surface area contributed by atoms with E-state index in [9.17, 15) is 9.59 Å². The lowest BCUT2D eigenvalue weighted by molar-refractivity contribution is -0.122. The first-order valence-corrected chi connectivity index (χ1v) is 10.6. The summed E-state index contributed by atoms with van der Waals surface area (Å²) in [6.07, 6.45) is 2.53. The molecule has 0 unspecified atom stereocenters. The van der Waals surface area contributed by atoms with Crippen LogP contribution < -0.4 is 15.1 Å². The molecule has 29 heavy (non-hydrogen) atoms. The molecule has 0 saturated carbocycles. The summed E-state index contributed by atoms with van der Waals surface area (Å²) in [5, 5.41) is 3.66. The normalized spacial score (nSPS) is 20.2. The Morgan fingerprint density at radius 2 is 1.86 bits per heavy atom. The van der Waals surface area contributed by atoms with Crippen molar-refractivity contribution in [2.45, 2.75) is 26.2 Å². The van der Waals surface area contributed by atoms with Crippen LogP contribution in [0.4, 0.5) is 17.1 Å². The van der Waals surface area contributed by atoms with Gasteiger partial charge in [0, 0.05) is 36.8 Å². The second-order valence-corrected chi connectivity index (χ2v) is 8.50. The maximum atomic E-state index is 13.0. The van der Waals surface area contributed by atoms with E-state index in [1.807, 2.05) is 30.3 Å². The molecule has 2 aromatic rings. The molecule has 2 amide bonds. The number of nitrogens with one attached hydrogen (secondary N) is 1. The third-order valence-electron chi connectivity index (χ3n) is 5.90. The Bertz CT molecular complexity index is 909. The van der Waals surface area contributed by atoms with Crippen molar-refractivity contribution in [1.29, 1.82) is 0 Å². The van der Waals surface area contributed by atoms with Crippen molar-refractivity contribution >= 4 is 40.5 Å². The van der Waals surface area contributed by atoms with Crippen molar-refractivity contribution in [3.8, 4) is 0 Å². The fourth-order valence-corrected chi connectivity index (χ4v) is 4.30. The summed E-state index contributed by atoms with van der Waals surface area (Å²) in [5.74, 6) is 0.206. The predicted molar refractivity (Wildman–Crippen MR) is 118 cm³/mol. The van der Waals surface area contributed by atoms with E-state index in [1.165, 1.54) is 0 Å². The van der Waals surface area contributed by atoms with Gasteiger partial charge >= 0.3 is 0 Å². The first kappa shape index (κ1) is 19.8. The van der Waals surface area contributed by atoms with Crippen molar-refractivity contribution in [3.63, 3.8) is 0 Å². The lowest BCUT2D eigenvalue weighted by Gasteiger charge is -2.33. The van der Waals surface area contributed by atoms with Crippen LogP contribution >= 0.6 is 11.6 Å². The maximum absolute atomic E-state index is 13.0. The van der Waals surface area contributed by atoms with Crippen LogP contribution in [0.2, 0.25) is 5.02 Å². The lowest BCUT2D eigenvalue weighted by atomic mass is 9.98. The summed E-state index contributed by atoms with van der Waals surface area (Å²) in [6.45, 7) is 4.65. The number of anilines is 3. The van der Waals surface area contributed by atoms with Crippen LogP contribution in [0.15, 0.2) is 48.5 Å². The molecular formula is C23H26ClN3O2. The molecule has 0 bridgehead atoms. The van der Waals surface area contributed by atoms with Crippen LogP contribution in [0.25, 0.3) is 0 Å². The van der Waals surface area contributed by atoms with Gasteiger partial charge in [0.1, 0.15) is 0 Å². The Balaban J connectivity index is 1.46. The van der Waals surface area contributed by atoms with Gasteiger partial charge in [-0.3, -0.25) is 9.59 Å². The van der Waals surface area contributed by atoms with Crippen molar-refractivity contribution in [2.75, 3.05) is 34.8 Å². The highest BCUT2D eigenvalue weighted by Gasteiger charge is 2.35. The number of nitrogens with zero attached hydrogens (tertiary/aromatic N) is 2. The minimum absolute atomic E-state index is 0.0503. The Labute approximate surface area is 176 Å². The average Bonchev–Trinajstić information content (AvgIpc) is 3.11. The molecule has 0 aromatic heterocycles. The van der Waals surface area contributed by atoms with Gasteiger partial charge in [-0.25, -0.2) is 0 Å². The number of carbonyl (C=O) groups is 2. The smallest absolute Gasteiger partial charge is 0.229 e. The van der Waals surface area contributed by atoms with Crippen molar-refractivity contribution in [2.24, 2.45) is 11.8 Å². The maximum Gasteiger partial charge on any atom is 0.229 e. The minimum Gasteiger partial charge on any atom is -0.370 e. The molecule has 2 aliphatic rings. The zero-order valence-electron chi connectivity index (χ0n) is 16.6. The molecule has 6 heteroatoms. The zero-order valence-corrected chi connectivity index (χ0v) is 17.4. The summed E-state index contributed by atoms with van der Waals surface area (Å²) in [4.78, 5) is 29.4. The van der Waals surface area contributed by atoms with Gasteiger partial charge in [0.05, 0.1) is 17.3 Å². The van der Waals surface area contributed by atoms with E-state index >= 15 is 0 Å². The number of amides is 2. The van der Waals surface area contributed by atoms with Gasteiger partial charge in [0.15, 0.2) is 0 Å². The third-order valence-corrected chi connectivity index (χ3v) is 6.14. The Morgan fingerprint density at radius 3 is 2.62 bits per heavy atom. The van der Waals surface area contributed by atoms with Crippen molar-refractivity contribution in [3.05, 3.63) is 53.6 Å². The SMILES string of the molecule is CC1CCN(c2ccccc2NC(=O)[C@H]2CC(=O)N(c3cccc(Cl)c3)C2)CC1. The molecule has 5 nitrogen and oxygen atoms in total. The van der Waals surface area contributed by atoms with Crippen molar-refractivity contribution < 1.29 is 9.59 Å². The van der Waals surface area contributed by atoms with Crippen LogP contribution in [0.5, 0.6) is 0 Å². The molecular weight excluding hydrogens is 386 g/mol. The molecule has 0 spiro atoms. The summed E-state index contributed by atoms with van der Waals surface area (Å²) in [6, 6.07) is 15.1. The van der Waals surface area contributed by atoms with Crippen LogP contribution in [0, 0.1) is 11.8 Å². The molecule has 2 aliphatic heterocycles. The third kappa shape index (κ3) is 4.40. The van der Waals surface area contributed by atoms with Crippen LogP contribution in [0.3, 0.4) is 0 Å². The van der Waals surface area contributed by atoms with Gasteiger partial charge in [-0.15, -0.1) is 0 Å². The standard InChI is InChI=1S/C23H26ClN3O2/c1-16-9-11-26(12-10-16)21-8-3-2-7-20(21)25-23(29)17-13-22(28)27(15-17)19-6-4-5-18(24)14-19/h2-8,14,16-17H,9-13,15H2,1H3,(H,25,29)/t17-/m0/s1. The van der Waals surface area contributed by atoms with E-state index in [0.29, 0.717) is 11.6 Å². The molecule has 4 rings (SSSR count). The van der Waals surface area contributed by atoms with Gasteiger partial charge in [-0.1, -0.05) is 36.7 Å². The number of rotatable bonds is 4. The molecule has 152 valence electrons. The van der Waals surface area contributed by atoms with Gasteiger partial charge < -0.3 is 15.1 Å². The molecule has 1 N–H and O–H groups in total. The Kier molecular flexibility index (Phi) is 5.76. The van der Waals surface area contributed by atoms with Gasteiger partial charge in [0.25, 0.3) is 0 Å². The monoisotopic (exact) mass is 411 g/mol. The number of carbonyl (C=O) groups excluding carboxylic acids is 2. The number of halogens is 1. The molecule has 2 aromatic carbocycles. The van der Waals surface area contributed by atoms with Gasteiger partial charge in [-0.05, 0) is 49.1 Å². The quantitative estimate of drug-likeness (QED) is 0.801. The van der Waals surface area contributed by atoms with E-state index in [1.54, 1.807) is 17.0 Å². The first-order chi connectivity index (χ1) is 14.0. The van der Waals surface area contributed by atoms with E-state index in [0.717, 1.165) is 48.9 Å².